The molecule has 1 saturated carbocycles. The quantitative estimate of drug-likeness (QED) is 0.843. The van der Waals surface area contributed by atoms with Crippen LogP contribution < -0.4 is 5.32 Å². The Morgan fingerprint density at radius 3 is 2.71 bits per heavy atom. The topological polar surface area (TPSA) is 76.4 Å². The van der Waals surface area contributed by atoms with Crippen LogP contribution in [0.5, 0.6) is 0 Å². The van der Waals surface area contributed by atoms with Crippen molar-refractivity contribution >= 4 is 17.7 Å². The lowest BCUT2D eigenvalue weighted by atomic mass is 9.79. The lowest BCUT2D eigenvalue weighted by Gasteiger charge is -2.36. The minimum absolute atomic E-state index is 0.00787. The Morgan fingerprint density at radius 1 is 1.42 bits per heavy atom. The van der Waals surface area contributed by atoms with Crippen molar-refractivity contribution in [3.05, 3.63) is 12.4 Å². The molecule has 6 nitrogen and oxygen atoms in total. The van der Waals surface area contributed by atoms with E-state index in [2.05, 4.69) is 14.9 Å². The predicted molar refractivity (Wildman–Crippen MR) is 92.8 cm³/mol. The monoisotopic (exact) mass is 353 g/mol. The first-order valence-electron chi connectivity index (χ1n) is 8.76. The van der Waals surface area contributed by atoms with Crippen molar-refractivity contribution in [3.8, 4) is 0 Å². The van der Waals surface area contributed by atoms with Gasteiger partial charge in [0, 0.05) is 43.9 Å². The van der Waals surface area contributed by atoms with E-state index in [-0.39, 0.29) is 18.6 Å². The Morgan fingerprint density at radius 2 is 2.12 bits per heavy atom. The van der Waals surface area contributed by atoms with Gasteiger partial charge in [0.25, 0.3) is 0 Å². The third kappa shape index (κ3) is 3.95. The summed E-state index contributed by atoms with van der Waals surface area (Å²) in [7, 11) is 2.02. The second kappa shape index (κ2) is 7.89. The van der Waals surface area contributed by atoms with Crippen LogP contribution in [0.15, 0.2) is 17.6 Å². The third-order valence-electron chi connectivity index (χ3n) is 5.29. The average molecular weight is 353 g/mol. The summed E-state index contributed by atoms with van der Waals surface area (Å²) >= 11 is 1.83. The zero-order valence-corrected chi connectivity index (χ0v) is 15.1. The number of aliphatic hydroxyl groups excluding tert-OH is 1. The number of hydrogen-bond donors (Lipinski definition) is 2. The summed E-state index contributed by atoms with van der Waals surface area (Å²) in [4.78, 5) is 17.0. The van der Waals surface area contributed by atoms with Gasteiger partial charge in [0.05, 0.1) is 12.0 Å². The molecule has 1 aliphatic carbocycles. The fourth-order valence-electron chi connectivity index (χ4n) is 3.50. The first-order valence-corrected chi connectivity index (χ1v) is 9.64. The number of thioether (sulfide) groups is 1. The number of aromatic nitrogens is 2. The number of aliphatic hydroxyl groups is 1. The van der Waals surface area contributed by atoms with Crippen molar-refractivity contribution in [1.82, 2.24) is 14.9 Å². The second-order valence-electron chi connectivity index (χ2n) is 6.94. The van der Waals surface area contributed by atoms with Gasteiger partial charge in [-0.3, -0.25) is 4.79 Å². The van der Waals surface area contributed by atoms with E-state index in [0.717, 1.165) is 30.8 Å². The van der Waals surface area contributed by atoms with Gasteiger partial charge in [-0.25, -0.2) is 4.98 Å². The molecule has 0 radical (unpaired) electrons. The molecule has 2 heterocycles. The molecule has 134 valence electrons. The lowest BCUT2D eigenvalue weighted by Crippen LogP contribution is -2.50. The van der Waals surface area contributed by atoms with Crippen LogP contribution in [-0.2, 0) is 16.6 Å². The summed E-state index contributed by atoms with van der Waals surface area (Å²) in [5, 5.41) is 14.5. The number of ether oxygens (including phenoxy) is 1. The largest absolute Gasteiger partial charge is 0.395 e. The molecule has 1 aromatic heterocycles. The van der Waals surface area contributed by atoms with Crippen LogP contribution in [0.2, 0.25) is 0 Å². The van der Waals surface area contributed by atoms with Gasteiger partial charge in [-0.05, 0) is 38.5 Å². The number of nitrogens with zero attached hydrogens (tertiary/aromatic N) is 2. The molecule has 7 heteroatoms. The Labute approximate surface area is 147 Å². The number of amides is 1. The van der Waals surface area contributed by atoms with Crippen LogP contribution in [0.3, 0.4) is 0 Å². The number of carbonyl (C=O) groups excluding carboxylic acids is 1. The Bertz CT molecular complexity index is 549. The van der Waals surface area contributed by atoms with Crippen molar-refractivity contribution < 1.29 is 14.6 Å². The van der Waals surface area contributed by atoms with Crippen LogP contribution in [-0.4, -0.2) is 51.7 Å². The first-order chi connectivity index (χ1) is 11.6. The van der Waals surface area contributed by atoms with Gasteiger partial charge >= 0.3 is 0 Å². The maximum absolute atomic E-state index is 12.7. The SMILES string of the molecule is Cn1ccnc1SC1CCC(NC(=O)C2(CO)CCOCC2)CC1. The van der Waals surface area contributed by atoms with E-state index in [1.165, 1.54) is 0 Å². The zero-order valence-electron chi connectivity index (χ0n) is 14.2. The highest BCUT2D eigenvalue weighted by Crippen LogP contribution is 2.34. The molecular weight excluding hydrogens is 326 g/mol. The Kier molecular flexibility index (Phi) is 5.84. The minimum Gasteiger partial charge on any atom is -0.395 e. The van der Waals surface area contributed by atoms with E-state index in [4.69, 9.17) is 4.74 Å². The van der Waals surface area contributed by atoms with Gasteiger partial charge in [0.1, 0.15) is 0 Å². The van der Waals surface area contributed by atoms with E-state index in [1.807, 2.05) is 31.2 Å². The molecule has 0 aromatic carbocycles. The molecule has 2 fully saturated rings. The van der Waals surface area contributed by atoms with E-state index < -0.39 is 5.41 Å². The maximum Gasteiger partial charge on any atom is 0.228 e. The minimum atomic E-state index is -0.642. The summed E-state index contributed by atoms with van der Waals surface area (Å²) < 4.78 is 7.39. The van der Waals surface area contributed by atoms with Gasteiger partial charge in [0.15, 0.2) is 5.16 Å². The highest BCUT2D eigenvalue weighted by atomic mass is 32.2. The molecule has 1 amide bonds. The molecule has 2 aliphatic rings. The smallest absolute Gasteiger partial charge is 0.228 e. The van der Waals surface area contributed by atoms with Crippen LogP contribution in [0.25, 0.3) is 0 Å². The highest BCUT2D eigenvalue weighted by molar-refractivity contribution is 7.99. The molecule has 0 bridgehead atoms. The highest BCUT2D eigenvalue weighted by Gasteiger charge is 2.40. The maximum atomic E-state index is 12.7. The number of nitrogens with one attached hydrogen (secondary N) is 1. The van der Waals surface area contributed by atoms with Crippen molar-refractivity contribution in [3.63, 3.8) is 0 Å². The van der Waals surface area contributed by atoms with Crippen molar-refractivity contribution in [2.24, 2.45) is 12.5 Å². The normalized spacial score (nSPS) is 26.9. The Balaban J connectivity index is 1.48. The summed E-state index contributed by atoms with van der Waals surface area (Å²) in [6.07, 6.45) is 9.17. The summed E-state index contributed by atoms with van der Waals surface area (Å²) in [5.74, 6) is 0.00787. The van der Waals surface area contributed by atoms with Gasteiger partial charge < -0.3 is 19.7 Å². The molecule has 0 atom stereocenters. The number of aryl methyl sites for hydroxylation is 1. The predicted octanol–water partition coefficient (Wildman–Crippen LogP) is 1.73. The molecule has 0 spiro atoms. The lowest BCUT2D eigenvalue weighted by molar-refractivity contribution is -0.141. The molecular formula is C17H27N3O3S. The van der Waals surface area contributed by atoms with Gasteiger partial charge in [-0.1, -0.05) is 11.8 Å². The van der Waals surface area contributed by atoms with Crippen LogP contribution in [0.1, 0.15) is 38.5 Å². The van der Waals surface area contributed by atoms with Crippen molar-refractivity contribution in [1.29, 1.82) is 0 Å². The summed E-state index contributed by atoms with van der Waals surface area (Å²) in [6.45, 7) is 1.02. The number of rotatable bonds is 5. The van der Waals surface area contributed by atoms with Gasteiger partial charge in [0.2, 0.25) is 5.91 Å². The summed E-state index contributed by atoms with van der Waals surface area (Å²) in [5.41, 5.74) is -0.642. The summed E-state index contributed by atoms with van der Waals surface area (Å²) in [6, 6.07) is 0.224. The van der Waals surface area contributed by atoms with Crippen LogP contribution in [0, 0.1) is 5.41 Å². The fraction of sp³-hybridized carbons (Fsp3) is 0.765. The zero-order chi connectivity index (χ0) is 17.0. The number of imidazole rings is 1. The Hall–Kier alpha value is -1.05. The second-order valence-corrected chi connectivity index (χ2v) is 8.20. The first kappa shape index (κ1) is 17.8. The number of hydrogen-bond acceptors (Lipinski definition) is 5. The van der Waals surface area contributed by atoms with Gasteiger partial charge in [-0.15, -0.1) is 0 Å². The van der Waals surface area contributed by atoms with E-state index in [9.17, 15) is 9.90 Å². The average Bonchev–Trinajstić information content (AvgIpc) is 3.02. The molecule has 3 rings (SSSR count). The van der Waals surface area contributed by atoms with E-state index in [0.29, 0.717) is 31.3 Å². The van der Waals surface area contributed by atoms with E-state index in [1.54, 1.807) is 0 Å². The van der Waals surface area contributed by atoms with Crippen molar-refractivity contribution in [2.75, 3.05) is 19.8 Å². The third-order valence-corrected chi connectivity index (χ3v) is 6.70. The molecule has 2 N–H and O–H groups in total. The van der Waals surface area contributed by atoms with Crippen molar-refractivity contribution in [2.45, 2.75) is 55.0 Å². The fourth-order valence-corrected chi connectivity index (χ4v) is 4.65. The van der Waals surface area contributed by atoms with E-state index >= 15 is 0 Å². The van der Waals surface area contributed by atoms with Crippen LogP contribution >= 0.6 is 11.8 Å². The molecule has 1 saturated heterocycles. The molecule has 0 unspecified atom stereocenters. The molecule has 1 aliphatic heterocycles. The number of carbonyl (C=O) groups is 1. The standard InChI is InChI=1S/C17H27N3O3S/c1-20-9-8-18-16(20)24-14-4-2-13(3-5-14)19-15(22)17(12-21)6-10-23-11-7-17/h8-9,13-14,21H,2-7,10-12H2,1H3,(H,19,22). The van der Waals surface area contributed by atoms with Gasteiger partial charge in [-0.2, -0.15) is 0 Å². The van der Waals surface area contributed by atoms with Crippen LogP contribution in [0.4, 0.5) is 0 Å². The molecule has 24 heavy (non-hydrogen) atoms. The molecule has 1 aromatic rings.